The van der Waals surface area contributed by atoms with Gasteiger partial charge in [-0.2, -0.15) is 0 Å². The molecule has 2 rings (SSSR count). The third kappa shape index (κ3) is 3.76. The van der Waals surface area contributed by atoms with E-state index in [1.807, 2.05) is 24.3 Å². The first-order valence-electron chi connectivity index (χ1n) is 6.98. The molecule has 0 fully saturated rings. The van der Waals surface area contributed by atoms with E-state index in [9.17, 15) is 9.59 Å². The molecule has 0 radical (unpaired) electrons. The van der Waals surface area contributed by atoms with Crippen LogP contribution in [-0.2, 0) is 16.0 Å². The van der Waals surface area contributed by atoms with Crippen LogP contribution in [0, 0.1) is 5.92 Å². The monoisotopic (exact) mass is 309 g/mol. The van der Waals surface area contributed by atoms with E-state index in [1.54, 1.807) is 20.8 Å². The first-order valence-corrected chi connectivity index (χ1v) is 7.42. The summed E-state index contributed by atoms with van der Waals surface area (Å²) in [6.07, 6.45) is 0.861. The molecule has 1 aliphatic carbocycles. The Balaban J connectivity index is 2.17. The molecule has 3 unspecified atom stereocenters. The lowest BCUT2D eigenvalue weighted by Crippen LogP contribution is -2.47. The van der Waals surface area contributed by atoms with Gasteiger partial charge in [-0.1, -0.05) is 24.3 Å². The van der Waals surface area contributed by atoms with Gasteiger partial charge in [0.2, 0.25) is 0 Å². The molecule has 1 aromatic carbocycles. The molecule has 5 heteroatoms. The zero-order chi connectivity index (χ0) is 15.6. The molecule has 0 aromatic heterocycles. The lowest BCUT2D eigenvalue weighted by molar-refractivity contribution is -0.112. The first-order chi connectivity index (χ1) is 9.81. The standard InChI is InChI=1S/C16H20ClNO3/c1-16(2,3)21-15(20)18-13-8-10-6-4-5-7-11(10)14(17)12(13)9-19/h4-7,9,12-14H,8H2,1-3H3,(H,18,20). The Kier molecular flexibility index (Phi) is 4.57. The number of alkyl carbamates (subject to hydrolysis) is 1. The number of hydrogen-bond acceptors (Lipinski definition) is 3. The Labute approximate surface area is 129 Å². The molecule has 0 saturated carbocycles. The lowest BCUT2D eigenvalue weighted by Gasteiger charge is -2.34. The molecule has 4 nitrogen and oxygen atoms in total. The SMILES string of the molecule is CC(C)(C)OC(=O)NC1Cc2ccccc2C(Cl)C1C=O. The van der Waals surface area contributed by atoms with Crippen molar-refractivity contribution >= 4 is 24.0 Å². The van der Waals surface area contributed by atoms with Crippen LogP contribution in [0.5, 0.6) is 0 Å². The first kappa shape index (κ1) is 15.8. The second-order valence-electron chi connectivity index (χ2n) is 6.27. The summed E-state index contributed by atoms with van der Waals surface area (Å²) in [6.45, 7) is 5.39. The molecule has 1 amide bonds. The van der Waals surface area contributed by atoms with Crippen molar-refractivity contribution in [3.8, 4) is 0 Å². The maximum Gasteiger partial charge on any atom is 0.407 e. The Morgan fingerprint density at radius 3 is 2.67 bits per heavy atom. The summed E-state index contributed by atoms with van der Waals surface area (Å²) in [4.78, 5) is 23.3. The molecule has 114 valence electrons. The Morgan fingerprint density at radius 1 is 1.38 bits per heavy atom. The summed E-state index contributed by atoms with van der Waals surface area (Å²) in [6, 6.07) is 7.36. The van der Waals surface area contributed by atoms with Gasteiger partial charge in [0.1, 0.15) is 11.9 Å². The van der Waals surface area contributed by atoms with Crippen molar-refractivity contribution in [1.29, 1.82) is 0 Å². The fourth-order valence-corrected chi connectivity index (χ4v) is 2.99. The molecule has 1 aromatic rings. The molecular formula is C16H20ClNO3. The van der Waals surface area contributed by atoms with Crippen molar-refractivity contribution < 1.29 is 14.3 Å². The van der Waals surface area contributed by atoms with Gasteiger partial charge in [-0.05, 0) is 38.3 Å². The van der Waals surface area contributed by atoms with Crippen molar-refractivity contribution in [2.24, 2.45) is 5.92 Å². The highest BCUT2D eigenvalue weighted by Gasteiger charge is 2.36. The number of alkyl halides is 1. The van der Waals surface area contributed by atoms with Gasteiger partial charge in [0, 0.05) is 6.04 Å². The van der Waals surface area contributed by atoms with E-state index >= 15 is 0 Å². The second-order valence-corrected chi connectivity index (χ2v) is 6.74. The van der Waals surface area contributed by atoms with Gasteiger partial charge in [-0.25, -0.2) is 4.79 Å². The van der Waals surface area contributed by atoms with E-state index in [0.29, 0.717) is 6.42 Å². The van der Waals surface area contributed by atoms with Crippen LogP contribution >= 0.6 is 11.6 Å². The number of nitrogens with one attached hydrogen (secondary N) is 1. The van der Waals surface area contributed by atoms with Crippen LogP contribution in [0.2, 0.25) is 0 Å². The molecule has 0 saturated heterocycles. The fraction of sp³-hybridized carbons (Fsp3) is 0.500. The van der Waals surface area contributed by atoms with Gasteiger partial charge in [0.25, 0.3) is 0 Å². The summed E-state index contributed by atoms with van der Waals surface area (Å²) in [5.41, 5.74) is 1.43. The topological polar surface area (TPSA) is 55.4 Å². The smallest absolute Gasteiger partial charge is 0.407 e. The summed E-state index contributed by atoms with van der Waals surface area (Å²) < 4.78 is 5.25. The highest BCUT2D eigenvalue weighted by atomic mass is 35.5. The predicted molar refractivity (Wildman–Crippen MR) is 81.5 cm³/mol. The third-order valence-electron chi connectivity index (χ3n) is 3.45. The summed E-state index contributed by atoms with van der Waals surface area (Å²) in [5.74, 6) is -0.464. The van der Waals surface area contributed by atoms with Crippen LogP contribution in [0.4, 0.5) is 4.79 Å². The Bertz CT molecular complexity index is 539. The largest absolute Gasteiger partial charge is 0.444 e. The number of ether oxygens (including phenoxy) is 1. The van der Waals surface area contributed by atoms with Gasteiger partial charge < -0.3 is 14.8 Å². The van der Waals surface area contributed by atoms with Crippen molar-refractivity contribution in [2.45, 2.75) is 44.2 Å². The van der Waals surface area contributed by atoms with Crippen LogP contribution in [-0.4, -0.2) is 24.0 Å². The molecule has 0 spiro atoms. The van der Waals surface area contributed by atoms with Crippen molar-refractivity contribution in [3.63, 3.8) is 0 Å². The lowest BCUT2D eigenvalue weighted by atomic mass is 9.80. The van der Waals surface area contributed by atoms with E-state index in [0.717, 1.165) is 17.4 Å². The highest BCUT2D eigenvalue weighted by molar-refractivity contribution is 6.22. The zero-order valence-electron chi connectivity index (χ0n) is 12.4. The minimum absolute atomic E-state index is 0.352. The highest BCUT2D eigenvalue weighted by Crippen LogP contribution is 2.38. The number of hydrogen-bond donors (Lipinski definition) is 1. The molecule has 1 aliphatic rings. The van der Waals surface area contributed by atoms with E-state index in [2.05, 4.69) is 5.32 Å². The molecule has 21 heavy (non-hydrogen) atoms. The number of fused-ring (bicyclic) bond motifs is 1. The van der Waals surface area contributed by atoms with Crippen molar-refractivity contribution in [3.05, 3.63) is 35.4 Å². The molecule has 3 atom stereocenters. The van der Waals surface area contributed by atoms with E-state index in [-0.39, 0.29) is 6.04 Å². The molecule has 1 N–H and O–H groups in total. The van der Waals surface area contributed by atoms with Gasteiger partial charge >= 0.3 is 6.09 Å². The van der Waals surface area contributed by atoms with E-state index in [4.69, 9.17) is 16.3 Å². The number of halogens is 1. The Morgan fingerprint density at radius 2 is 2.05 bits per heavy atom. The number of rotatable bonds is 2. The van der Waals surface area contributed by atoms with Crippen LogP contribution in [0.1, 0.15) is 37.3 Å². The molecule has 0 bridgehead atoms. The maximum absolute atomic E-state index is 11.9. The zero-order valence-corrected chi connectivity index (χ0v) is 13.2. The van der Waals surface area contributed by atoms with Crippen molar-refractivity contribution in [2.75, 3.05) is 0 Å². The van der Waals surface area contributed by atoms with Gasteiger partial charge in [0.05, 0.1) is 11.3 Å². The van der Waals surface area contributed by atoms with E-state index in [1.165, 1.54) is 0 Å². The van der Waals surface area contributed by atoms with Crippen molar-refractivity contribution in [1.82, 2.24) is 5.32 Å². The second kappa shape index (κ2) is 6.06. The Hall–Kier alpha value is -1.55. The van der Waals surface area contributed by atoms with Gasteiger partial charge in [-0.15, -0.1) is 11.6 Å². The number of benzene rings is 1. The summed E-state index contributed by atoms with van der Waals surface area (Å²) in [5, 5.41) is 2.33. The van der Waals surface area contributed by atoms with Crippen LogP contribution in [0.3, 0.4) is 0 Å². The fourth-order valence-electron chi connectivity index (χ4n) is 2.54. The number of carbonyl (C=O) groups excluding carboxylic acids is 2. The summed E-state index contributed by atoms with van der Waals surface area (Å²) in [7, 11) is 0. The molecule has 0 aliphatic heterocycles. The quantitative estimate of drug-likeness (QED) is 0.674. The van der Waals surface area contributed by atoms with E-state index < -0.39 is 23.0 Å². The number of carbonyl (C=O) groups is 2. The van der Waals surface area contributed by atoms with Crippen LogP contribution in [0.15, 0.2) is 24.3 Å². The minimum Gasteiger partial charge on any atom is -0.444 e. The minimum atomic E-state index is -0.576. The number of amides is 1. The van der Waals surface area contributed by atoms with Gasteiger partial charge in [-0.3, -0.25) is 0 Å². The molecular weight excluding hydrogens is 290 g/mol. The average molecular weight is 310 g/mol. The van der Waals surface area contributed by atoms with Crippen LogP contribution in [0.25, 0.3) is 0 Å². The third-order valence-corrected chi connectivity index (χ3v) is 3.98. The molecule has 0 heterocycles. The maximum atomic E-state index is 11.9. The summed E-state index contributed by atoms with van der Waals surface area (Å²) >= 11 is 6.40. The number of aldehydes is 1. The predicted octanol–water partition coefficient (Wildman–Crippen LogP) is 3.23. The van der Waals surface area contributed by atoms with Gasteiger partial charge in [0.15, 0.2) is 0 Å². The van der Waals surface area contributed by atoms with Crippen LogP contribution < -0.4 is 5.32 Å². The average Bonchev–Trinajstić information content (AvgIpc) is 2.37. The normalized spacial score (nSPS) is 24.9.